The average Bonchev–Trinajstić information content (AvgIpc) is 2.89. The lowest BCUT2D eigenvalue weighted by Gasteiger charge is -2.01. The summed E-state index contributed by atoms with van der Waals surface area (Å²) in [5.74, 6) is 1.05. The van der Waals surface area contributed by atoms with E-state index in [9.17, 15) is 0 Å². The Hall–Kier alpha value is 0.140. The minimum Gasteiger partial charge on any atom is -0.316 e. The molecule has 1 aliphatic rings. The van der Waals surface area contributed by atoms with Crippen molar-refractivity contribution in [2.45, 2.75) is 25.7 Å². The van der Waals surface area contributed by atoms with Crippen molar-refractivity contribution >= 4 is 27.3 Å². The zero-order valence-corrected chi connectivity index (χ0v) is 10.7. The lowest BCUT2D eigenvalue weighted by Crippen LogP contribution is -2.18. The van der Waals surface area contributed by atoms with Crippen LogP contribution in [0.3, 0.4) is 0 Å². The van der Waals surface area contributed by atoms with E-state index in [2.05, 4.69) is 33.4 Å². The van der Waals surface area contributed by atoms with E-state index in [1.54, 1.807) is 0 Å². The Bertz CT molecular complexity index is 281. The molecule has 0 radical (unpaired) electrons. The van der Waals surface area contributed by atoms with E-state index in [1.807, 2.05) is 11.3 Å². The standard InChI is InChI=1S/C11H16BrNS/c12-11-4-3-10(14-11)6-8-13-7-5-9-1-2-9/h3-4,9,13H,1-2,5-8H2. The van der Waals surface area contributed by atoms with E-state index in [4.69, 9.17) is 0 Å². The monoisotopic (exact) mass is 273 g/mol. The van der Waals surface area contributed by atoms with E-state index >= 15 is 0 Å². The zero-order valence-electron chi connectivity index (χ0n) is 8.26. The molecule has 1 aromatic heterocycles. The summed E-state index contributed by atoms with van der Waals surface area (Å²) < 4.78 is 1.24. The van der Waals surface area contributed by atoms with Crippen LogP contribution in [0.2, 0.25) is 0 Å². The molecule has 3 heteroatoms. The largest absolute Gasteiger partial charge is 0.316 e. The fraction of sp³-hybridized carbons (Fsp3) is 0.636. The van der Waals surface area contributed by atoms with Gasteiger partial charge in [0.05, 0.1) is 3.79 Å². The van der Waals surface area contributed by atoms with Crippen molar-refractivity contribution in [3.8, 4) is 0 Å². The molecule has 0 aliphatic heterocycles. The van der Waals surface area contributed by atoms with Gasteiger partial charge in [0.25, 0.3) is 0 Å². The lowest BCUT2D eigenvalue weighted by molar-refractivity contribution is 0.614. The Balaban J connectivity index is 1.53. The third-order valence-corrected chi connectivity index (χ3v) is 4.29. The van der Waals surface area contributed by atoms with E-state index in [0.717, 1.165) is 12.5 Å². The molecular weight excluding hydrogens is 258 g/mol. The second-order valence-corrected chi connectivity index (χ2v) is 6.49. The molecule has 0 unspecified atom stereocenters. The van der Waals surface area contributed by atoms with E-state index in [1.165, 1.54) is 40.9 Å². The summed E-state index contributed by atoms with van der Waals surface area (Å²) in [5, 5.41) is 3.51. The first-order valence-electron chi connectivity index (χ1n) is 5.29. The Morgan fingerprint density at radius 3 is 2.86 bits per heavy atom. The van der Waals surface area contributed by atoms with Gasteiger partial charge >= 0.3 is 0 Å². The van der Waals surface area contributed by atoms with Crippen molar-refractivity contribution in [1.29, 1.82) is 0 Å². The third kappa shape index (κ3) is 3.71. The Morgan fingerprint density at radius 1 is 1.36 bits per heavy atom. The number of hydrogen-bond acceptors (Lipinski definition) is 2. The molecule has 0 saturated heterocycles. The second-order valence-electron chi connectivity index (χ2n) is 3.94. The van der Waals surface area contributed by atoms with Gasteiger partial charge in [0.15, 0.2) is 0 Å². The minimum atomic E-state index is 1.05. The molecule has 2 rings (SSSR count). The van der Waals surface area contributed by atoms with Crippen molar-refractivity contribution in [3.63, 3.8) is 0 Å². The SMILES string of the molecule is Brc1ccc(CCNCCC2CC2)s1. The lowest BCUT2D eigenvalue weighted by atomic mass is 10.3. The first kappa shape index (κ1) is 10.7. The highest BCUT2D eigenvalue weighted by Gasteiger charge is 2.19. The fourth-order valence-electron chi connectivity index (χ4n) is 1.54. The Morgan fingerprint density at radius 2 is 2.21 bits per heavy atom. The van der Waals surface area contributed by atoms with Gasteiger partial charge in [-0.2, -0.15) is 0 Å². The summed E-state index contributed by atoms with van der Waals surface area (Å²) in [4.78, 5) is 1.47. The highest BCUT2D eigenvalue weighted by Crippen LogP contribution is 2.31. The molecule has 0 aromatic carbocycles. The fourth-order valence-corrected chi connectivity index (χ4v) is 3.02. The second kappa shape index (κ2) is 5.29. The summed E-state index contributed by atoms with van der Waals surface area (Å²) in [6.07, 6.45) is 5.49. The molecule has 1 nitrogen and oxygen atoms in total. The molecule has 0 amide bonds. The van der Waals surface area contributed by atoms with Crippen LogP contribution in [0.4, 0.5) is 0 Å². The minimum absolute atomic E-state index is 1.05. The molecule has 1 fully saturated rings. The van der Waals surface area contributed by atoms with Crippen LogP contribution in [0.1, 0.15) is 24.1 Å². The number of nitrogens with one attached hydrogen (secondary N) is 1. The van der Waals surface area contributed by atoms with Crippen LogP contribution in [-0.4, -0.2) is 13.1 Å². The van der Waals surface area contributed by atoms with Gasteiger partial charge in [-0.1, -0.05) is 12.8 Å². The van der Waals surface area contributed by atoms with Crippen LogP contribution in [0, 0.1) is 5.92 Å². The highest BCUT2D eigenvalue weighted by atomic mass is 79.9. The van der Waals surface area contributed by atoms with Crippen molar-refractivity contribution in [2.75, 3.05) is 13.1 Å². The van der Waals surface area contributed by atoms with Gasteiger partial charge in [0.1, 0.15) is 0 Å². The van der Waals surface area contributed by atoms with Crippen LogP contribution >= 0.6 is 27.3 Å². The van der Waals surface area contributed by atoms with Crippen LogP contribution in [0.25, 0.3) is 0 Å². The predicted molar refractivity (Wildman–Crippen MR) is 65.9 cm³/mol. The smallest absolute Gasteiger partial charge is 0.0701 e. The van der Waals surface area contributed by atoms with Crippen molar-refractivity contribution in [2.24, 2.45) is 5.92 Å². The predicted octanol–water partition coefficient (Wildman–Crippen LogP) is 3.44. The van der Waals surface area contributed by atoms with Crippen LogP contribution in [0.15, 0.2) is 15.9 Å². The molecule has 0 atom stereocenters. The number of halogens is 1. The molecule has 1 saturated carbocycles. The molecule has 1 N–H and O–H groups in total. The average molecular weight is 274 g/mol. The summed E-state index contributed by atoms with van der Waals surface area (Å²) in [7, 11) is 0. The van der Waals surface area contributed by atoms with Crippen molar-refractivity contribution < 1.29 is 0 Å². The molecule has 0 bridgehead atoms. The summed E-state index contributed by atoms with van der Waals surface area (Å²) in [6, 6.07) is 4.33. The molecular formula is C11H16BrNS. The van der Waals surface area contributed by atoms with Crippen LogP contribution in [-0.2, 0) is 6.42 Å². The van der Waals surface area contributed by atoms with E-state index in [-0.39, 0.29) is 0 Å². The normalized spacial score (nSPS) is 16.1. The maximum Gasteiger partial charge on any atom is 0.0701 e. The topological polar surface area (TPSA) is 12.0 Å². The zero-order chi connectivity index (χ0) is 9.80. The van der Waals surface area contributed by atoms with Gasteiger partial charge in [-0.25, -0.2) is 0 Å². The van der Waals surface area contributed by atoms with Crippen molar-refractivity contribution in [1.82, 2.24) is 5.32 Å². The number of thiophene rings is 1. The van der Waals surface area contributed by atoms with Gasteiger partial charge in [-0.05, 0) is 59.9 Å². The van der Waals surface area contributed by atoms with E-state index in [0.29, 0.717) is 0 Å². The molecule has 14 heavy (non-hydrogen) atoms. The molecule has 1 aliphatic carbocycles. The van der Waals surface area contributed by atoms with Gasteiger partial charge < -0.3 is 5.32 Å². The van der Waals surface area contributed by atoms with E-state index < -0.39 is 0 Å². The van der Waals surface area contributed by atoms with Gasteiger partial charge in [0.2, 0.25) is 0 Å². The Kier molecular flexibility index (Phi) is 4.02. The van der Waals surface area contributed by atoms with Gasteiger partial charge in [0, 0.05) is 4.88 Å². The summed E-state index contributed by atoms with van der Waals surface area (Å²) in [5.41, 5.74) is 0. The molecule has 78 valence electrons. The molecule has 0 spiro atoms. The highest BCUT2D eigenvalue weighted by molar-refractivity contribution is 9.11. The van der Waals surface area contributed by atoms with Crippen LogP contribution < -0.4 is 5.32 Å². The van der Waals surface area contributed by atoms with Gasteiger partial charge in [-0.3, -0.25) is 0 Å². The number of rotatable bonds is 6. The maximum absolute atomic E-state index is 3.51. The summed E-state index contributed by atoms with van der Waals surface area (Å²) >= 11 is 5.32. The first-order chi connectivity index (χ1) is 6.84. The molecule has 1 aromatic rings. The first-order valence-corrected chi connectivity index (χ1v) is 6.90. The van der Waals surface area contributed by atoms with Crippen molar-refractivity contribution in [3.05, 3.63) is 20.8 Å². The number of hydrogen-bond donors (Lipinski definition) is 1. The van der Waals surface area contributed by atoms with Gasteiger partial charge in [-0.15, -0.1) is 11.3 Å². The third-order valence-electron chi connectivity index (χ3n) is 2.60. The Labute approximate surface area is 98.0 Å². The summed E-state index contributed by atoms with van der Waals surface area (Å²) in [6.45, 7) is 2.33. The quantitative estimate of drug-likeness (QED) is 0.783. The van der Waals surface area contributed by atoms with Crippen LogP contribution in [0.5, 0.6) is 0 Å². The molecule has 1 heterocycles. The maximum atomic E-state index is 3.51.